The largest absolute Gasteiger partial charge is 0.309 e. The van der Waals surface area contributed by atoms with Crippen LogP contribution in [0.4, 0.5) is 5.69 Å². The van der Waals surface area contributed by atoms with Crippen LogP contribution in [0.3, 0.4) is 0 Å². The molecule has 0 fully saturated rings. The van der Waals surface area contributed by atoms with E-state index in [1.54, 1.807) is 0 Å². The zero-order valence-electron chi connectivity index (χ0n) is 27.7. The number of benzene rings is 7. The van der Waals surface area contributed by atoms with E-state index >= 15 is 0 Å². The molecule has 0 aliphatic rings. The van der Waals surface area contributed by atoms with E-state index in [0.717, 1.165) is 61.5 Å². The molecule has 0 N–H and O–H groups in total. The molecule has 2 aromatic heterocycles. The molecule has 0 atom stereocenters. The lowest BCUT2D eigenvalue weighted by Crippen LogP contribution is -1.97. The number of hydrogen-bond acceptors (Lipinski definition) is 1. The highest BCUT2D eigenvalue weighted by atomic mass is 15.0. The van der Waals surface area contributed by atoms with Gasteiger partial charge in [0.15, 0.2) is 5.69 Å². The second kappa shape index (κ2) is 12.8. The van der Waals surface area contributed by atoms with Gasteiger partial charge in [-0.05, 0) is 75.8 Å². The maximum atomic E-state index is 8.00. The number of rotatable bonds is 6. The summed E-state index contributed by atoms with van der Waals surface area (Å²) in [7, 11) is 0. The zero-order chi connectivity index (χ0) is 34.1. The van der Waals surface area contributed by atoms with Crippen molar-refractivity contribution in [2.75, 3.05) is 0 Å². The second-order valence-corrected chi connectivity index (χ2v) is 12.7. The van der Waals surface area contributed by atoms with Crippen molar-refractivity contribution in [3.63, 3.8) is 0 Å². The minimum atomic E-state index is 0.617. The predicted octanol–water partition coefficient (Wildman–Crippen LogP) is 13.1. The van der Waals surface area contributed by atoms with Gasteiger partial charge in [-0.1, -0.05) is 146 Å². The Kier molecular flexibility index (Phi) is 7.54. The fourth-order valence-corrected chi connectivity index (χ4v) is 7.14. The first-order valence-corrected chi connectivity index (χ1v) is 17.1. The van der Waals surface area contributed by atoms with Crippen molar-refractivity contribution < 1.29 is 0 Å². The molecule has 3 heteroatoms. The van der Waals surface area contributed by atoms with Gasteiger partial charge in [-0.15, -0.1) is 0 Å². The molecule has 0 radical (unpaired) electrons. The van der Waals surface area contributed by atoms with E-state index < -0.39 is 0 Å². The molecule has 2 heterocycles. The smallest absolute Gasteiger partial charge is 0.194 e. The summed E-state index contributed by atoms with van der Waals surface area (Å²) < 4.78 is 2.39. The fraction of sp³-hybridized carbons (Fsp3) is 0. The van der Waals surface area contributed by atoms with Crippen LogP contribution >= 0.6 is 0 Å². The molecule has 0 saturated carbocycles. The first-order valence-electron chi connectivity index (χ1n) is 17.1. The highest BCUT2D eigenvalue weighted by Gasteiger charge is 2.18. The van der Waals surface area contributed by atoms with Crippen LogP contribution in [0.2, 0.25) is 0 Å². The van der Waals surface area contributed by atoms with Gasteiger partial charge in [-0.2, -0.15) is 0 Å². The standard InChI is InChI=1S/C48H31N3/c1-49-46-21-12-11-20-41(46)38-28-39(45-23-13-22-44(50-45)35-18-9-4-10-19-35)30-40(29-38)51-47-31-36(33-14-5-2-6-15-33)24-26-42(47)43-27-25-37(32-48(43)51)34-16-7-3-8-17-34/h2-32H. The Labute approximate surface area is 297 Å². The lowest BCUT2D eigenvalue weighted by molar-refractivity contribution is 1.18. The quantitative estimate of drug-likeness (QED) is 0.164. The van der Waals surface area contributed by atoms with Crippen LogP contribution in [0.1, 0.15) is 0 Å². The Bertz CT molecular complexity index is 2640. The maximum absolute atomic E-state index is 8.00. The minimum Gasteiger partial charge on any atom is -0.309 e. The number of aromatic nitrogens is 2. The monoisotopic (exact) mass is 649 g/mol. The molecule has 0 aliphatic carbocycles. The Morgan fingerprint density at radius 1 is 0.392 bits per heavy atom. The Morgan fingerprint density at radius 3 is 1.49 bits per heavy atom. The average molecular weight is 650 g/mol. The number of pyridine rings is 1. The van der Waals surface area contributed by atoms with E-state index in [1.807, 2.05) is 42.5 Å². The van der Waals surface area contributed by atoms with Gasteiger partial charge >= 0.3 is 0 Å². The van der Waals surface area contributed by atoms with Crippen molar-refractivity contribution in [2.45, 2.75) is 0 Å². The first-order chi connectivity index (χ1) is 25.2. The summed E-state index contributed by atoms with van der Waals surface area (Å²) in [6.07, 6.45) is 0. The van der Waals surface area contributed by atoms with Gasteiger partial charge in [0.05, 0.1) is 29.0 Å². The zero-order valence-corrected chi connectivity index (χ0v) is 27.7. The minimum absolute atomic E-state index is 0.617. The normalized spacial score (nSPS) is 11.1. The van der Waals surface area contributed by atoms with Gasteiger partial charge in [0, 0.05) is 27.6 Å². The highest BCUT2D eigenvalue weighted by molar-refractivity contribution is 6.11. The maximum Gasteiger partial charge on any atom is 0.194 e. The molecule has 0 unspecified atom stereocenters. The molecule has 0 spiro atoms. The van der Waals surface area contributed by atoms with Crippen LogP contribution in [-0.2, 0) is 0 Å². The highest BCUT2D eigenvalue weighted by Crippen LogP contribution is 2.40. The van der Waals surface area contributed by atoms with Crippen molar-refractivity contribution >= 4 is 27.5 Å². The third kappa shape index (κ3) is 5.56. The molecule has 7 aromatic carbocycles. The molecular formula is C48H31N3. The second-order valence-electron chi connectivity index (χ2n) is 12.7. The lowest BCUT2D eigenvalue weighted by Gasteiger charge is -2.15. The van der Waals surface area contributed by atoms with E-state index in [1.165, 1.54) is 21.9 Å². The third-order valence-electron chi connectivity index (χ3n) is 9.61. The molecule has 0 bridgehead atoms. The van der Waals surface area contributed by atoms with Crippen LogP contribution in [0.5, 0.6) is 0 Å². The third-order valence-corrected chi connectivity index (χ3v) is 9.61. The number of nitrogens with zero attached hydrogens (tertiary/aromatic N) is 3. The number of para-hydroxylation sites is 1. The van der Waals surface area contributed by atoms with Gasteiger partial charge < -0.3 is 4.57 Å². The Morgan fingerprint density at radius 2 is 0.902 bits per heavy atom. The topological polar surface area (TPSA) is 22.2 Å². The first kappa shape index (κ1) is 30.1. The van der Waals surface area contributed by atoms with Crippen molar-refractivity contribution in [1.82, 2.24) is 9.55 Å². The van der Waals surface area contributed by atoms with Crippen LogP contribution in [0, 0.1) is 6.57 Å². The Hall–Kier alpha value is -7.02. The molecule has 238 valence electrons. The number of fused-ring (bicyclic) bond motifs is 3. The SMILES string of the molecule is [C-]#[N+]c1ccccc1-c1cc(-c2cccc(-c3ccccc3)n2)cc(-n2c3cc(-c4ccccc4)ccc3c3ccc(-c4ccccc4)cc32)c1. The van der Waals surface area contributed by atoms with Gasteiger partial charge in [0.1, 0.15) is 0 Å². The van der Waals surface area contributed by atoms with Gasteiger partial charge in [-0.3, -0.25) is 0 Å². The molecular weight excluding hydrogens is 619 g/mol. The van der Waals surface area contributed by atoms with E-state index in [9.17, 15) is 0 Å². The van der Waals surface area contributed by atoms with Gasteiger partial charge in [0.25, 0.3) is 0 Å². The summed E-state index contributed by atoms with van der Waals surface area (Å²) in [6.45, 7) is 8.00. The molecule has 9 rings (SSSR count). The molecule has 9 aromatic rings. The van der Waals surface area contributed by atoms with Crippen molar-refractivity contribution in [3.8, 4) is 61.6 Å². The van der Waals surface area contributed by atoms with Crippen molar-refractivity contribution in [3.05, 3.63) is 199 Å². The van der Waals surface area contributed by atoms with E-state index in [4.69, 9.17) is 11.6 Å². The average Bonchev–Trinajstić information content (AvgIpc) is 3.54. The van der Waals surface area contributed by atoms with Crippen LogP contribution < -0.4 is 0 Å². The summed E-state index contributed by atoms with van der Waals surface area (Å²) >= 11 is 0. The lowest BCUT2D eigenvalue weighted by atomic mass is 9.98. The van der Waals surface area contributed by atoms with Crippen molar-refractivity contribution in [2.24, 2.45) is 0 Å². The van der Waals surface area contributed by atoms with E-state index in [-0.39, 0.29) is 0 Å². The van der Waals surface area contributed by atoms with Gasteiger partial charge in [-0.25, -0.2) is 9.83 Å². The molecule has 0 aliphatic heterocycles. The Balaban J connectivity index is 1.35. The van der Waals surface area contributed by atoms with Crippen molar-refractivity contribution in [1.29, 1.82) is 0 Å². The molecule has 0 amide bonds. The predicted molar refractivity (Wildman–Crippen MR) is 212 cm³/mol. The van der Waals surface area contributed by atoms with Crippen LogP contribution in [-0.4, -0.2) is 9.55 Å². The summed E-state index contributed by atoms with van der Waals surface area (Å²) in [5, 5.41) is 2.36. The van der Waals surface area contributed by atoms with E-state index in [2.05, 4.69) is 155 Å². The molecule has 3 nitrogen and oxygen atoms in total. The summed E-state index contributed by atoms with van der Waals surface area (Å²) in [5.41, 5.74) is 14.2. The van der Waals surface area contributed by atoms with Gasteiger partial charge in [0.2, 0.25) is 0 Å². The number of hydrogen-bond donors (Lipinski definition) is 0. The fourth-order valence-electron chi connectivity index (χ4n) is 7.14. The summed E-state index contributed by atoms with van der Waals surface area (Å²) in [4.78, 5) is 9.09. The summed E-state index contributed by atoms with van der Waals surface area (Å²) in [5.74, 6) is 0. The molecule has 0 saturated heterocycles. The van der Waals surface area contributed by atoms with E-state index in [0.29, 0.717) is 5.69 Å². The summed E-state index contributed by atoms with van der Waals surface area (Å²) in [6, 6.07) is 65.6. The van der Waals surface area contributed by atoms with Crippen LogP contribution in [0.15, 0.2) is 188 Å². The van der Waals surface area contributed by atoms with Crippen LogP contribution in [0.25, 0.3) is 88.2 Å². The molecule has 51 heavy (non-hydrogen) atoms.